The van der Waals surface area contributed by atoms with Gasteiger partial charge >= 0.3 is 0 Å². The highest BCUT2D eigenvalue weighted by atomic mass is 32.1. The molecule has 3 rings (SSSR count). The van der Waals surface area contributed by atoms with E-state index >= 15 is 0 Å². The Hall–Kier alpha value is -1.88. The number of hydrogen-bond acceptors (Lipinski definition) is 4. The molecule has 5 heteroatoms. The summed E-state index contributed by atoms with van der Waals surface area (Å²) in [6, 6.07) is 5.73. The van der Waals surface area contributed by atoms with Crippen LogP contribution in [0.3, 0.4) is 0 Å². The van der Waals surface area contributed by atoms with Crippen LogP contribution in [-0.4, -0.2) is 16.9 Å². The molecule has 0 bridgehead atoms. The fourth-order valence-electron chi connectivity index (χ4n) is 2.26. The number of anilines is 1. The van der Waals surface area contributed by atoms with Gasteiger partial charge in [-0.05, 0) is 35.6 Å². The van der Waals surface area contributed by atoms with Gasteiger partial charge in [-0.2, -0.15) is 0 Å². The lowest BCUT2D eigenvalue weighted by Gasteiger charge is -2.12. The van der Waals surface area contributed by atoms with Gasteiger partial charge < -0.3 is 11.1 Å². The lowest BCUT2D eigenvalue weighted by Crippen LogP contribution is -2.35. The van der Waals surface area contributed by atoms with Gasteiger partial charge in [-0.15, -0.1) is 11.3 Å². The molecule has 18 heavy (non-hydrogen) atoms. The number of amides is 1. The zero-order valence-electron chi connectivity index (χ0n) is 9.72. The zero-order chi connectivity index (χ0) is 12.5. The number of aromatic nitrogens is 1. The second-order valence-electron chi connectivity index (χ2n) is 4.38. The Balaban J connectivity index is 1.70. The van der Waals surface area contributed by atoms with E-state index in [0.717, 1.165) is 12.8 Å². The third-order valence-corrected chi connectivity index (χ3v) is 4.14. The van der Waals surface area contributed by atoms with E-state index in [1.165, 1.54) is 10.4 Å². The molecule has 1 atom stereocenters. The summed E-state index contributed by atoms with van der Waals surface area (Å²) in [5.74, 6) is 0.142. The molecule has 2 heterocycles. The minimum Gasteiger partial charge on any atom is -0.383 e. The summed E-state index contributed by atoms with van der Waals surface area (Å²) in [6.07, 6.45) is 3.41. The maximum absolute atomic E-state index is 12.1. The molecule has 0 fully saturated rings. The molecule has 0 aromatic carbocycles. The molecule has 2 aromatic heterocycles. The van der Waals surface area contributed by atoms with Crippen molar-refractivity contribution in [3.63, 3.8) is 0 Å². The molecule has 3 N–H and O–H groups in total. The number of hydrogen-bond donors (Lipinski definition) is 2. The van der Waals surface area contributed by atoms with Crippen LogP contribution < -0.4 is 11.1 Å². The topological polar surface area (TPSA) is 68.0 Å². The Morgan fingerprint density at radius 2 is 2.33 bits per heavy atom. The van der Waals surface area contributed by atoms with Crippen molar-refractivity contribution in [2.45, 2.75) is 18.9 Å². The van der Waals surface area contributed by atoms with Crippen molar-refractivity contribution in [3.8, 4) is 0 Å². The minimum absolute atomic E-state index is 0.138. The van der Waals surface area contributed by atoms with Gasteiger partial charge in [0.05, 0.1) is 5.56 Å². The summed E-state index contributed by atoms with van der Waals surface area (Å²) >= 11 is 1.75. The van der Waals surface area contributed by atoms with Crippen LogP contribution in [-0.2, 0) is 12.8 Å². The Labute approximate surface area is 109 Å². The number of carbonyl (C=O) groups is 1. The standard InChI is InChI=1S/C13H13N3OS/c14-12-10(2-1-4-15-12)13(17)16-9-6-8-3-5-18-11(8)7-9/h1-5,9H,6-7H2,(H2,14,15)(H,16,17). The highest BCUT2D eigenvalue weighted by molar-refractivity contribution is 7.10. The van der Waals surface area contributed by atoms with Gasteiger partial charge in [0, 0.05) is 23.5 Å². The predicted octanol–water partition coefficient (Wildman–Crippen LogP) is 1.62. The van der Waals surface area contributed by atoms with Crippen LogP contribution >= 0.6 is 11.3 Å². The van der Waals surface area contributed by atoms with Crippen LogP contribution in [0, 0.1) is 0 Å². The fraction of sp³-hybridized carbons (Fsp3) is 0.231. The molecule has 0 radical (unpaired) electrons. The summed E-state index contributed by atoms with van der Waals surface area (Å²) in [6.45, 7) is 0. The van der Waals surface area contributed by atoms with E-state index in [0.29, 0.717) is 5.56 Å². The molecule has 1 aliphatic rings. The summed E-state index contributed by atoms with van der Waals surface area (Å²) in [7, 11) is 0. The van der Waals surface area contributed by atoms with Crippen molar-refractivity contribution < 1.29 is 4.79 Å². The van der Waals surface area contributed by atoms with Gasteiger partial charge in [0.25, 0.3) is 5.91 Å². The first kappa shape index (κ1) is 11.2. The average molecular weight is 259 g/mol. The van der Waals surface area contributed by atoms with Gasteiger partial charge in [-0.3, -0.25) is 4.79 Å². The van der Waals surface area contributed by atoms with Crippen molar-refractivity contribution in [2.75, 3.05) is 5.73 Å². The van der Waals surface area contributed by atoms with Crippen LogP contribution in [0.15, 0.2) is 29.8 Å². The highest BCUT2D eigenvalue weighted by Crippen LogP contribution is 2.27. The molecule has 2 aromatic rings. The molecular formula is C13H13N3OS. The average Bonchev–Trinajstić information content (AvgIpc) is 2.90. The maximum Gasteiger partial charge on any atom is 0.255 e. The molecule has 92 valence electrons. The van der Waals surface area contributed by atoms with Crippen molar-refractivity contribution in [1.29, 1.82) is 0 Å². The first-order valence-electron chi connectivity index (χ1n) is 5.80. The van der Waals surface area contributed by atoms with E-state index in [2.05, 4.69) is 21.7 Å². The van der Waals surface area contributed by atoms with Gasteiger partial charge in [-0.25, -0.2) is 4.98 Å². The number of nitrogens with zero attached hydrogens (tertiary/aromatic N) is 1. The van der Waals surface area contributed by atoms with Crippen molar-refractivity contribution >= 4 is 23.1 Å². The van der Waals surface area contributed by atoms with E-state index in [1.54, 1.807) is 29.7 Å². The Bertz CT molecular complexity index is 573. The molecule has 4 nitrogen and oxygen atoms in total. The number of nitrogens with one attached hydrogen (secondary N) is 1. The number of pyridine rings is 1. The number of nitrogen functional groups attached to an aromatic ring is 1. The molecule has 0 saturated carbocycles. The summed E-state index contributed by atoms with van der Waals surface area (Å²) in [5, 5.41) is 5.12. The van der Waals surface area contributed by atoms with Crippen molar-refractivity contribution in [1.82, 2.24) is 10.3 Å². The third-order valence-electron chi connectivity index (χ3n) is 3.15. The van der Waals surface area contributed by atoms with Gasteiger partial charge in [0.15, 0.2) is 0 Å². The van der Waals surface area contributed by atoms with Crippen LogP contribution in [0.2, 0.25) is 0 Å². The largest absolute Gasteiger partial charge is 0.383 e. The SMILES string of the molecule is Nc1ncccc1C(=O)NC1Cc2ccsc2C1. The van der Waals surface area contributed by atoms with Gasteiger partial charge in [0.2, 0.25) is 0 Å². The van der Waals surface area contributed by atoms with E-state index < -0.39 is 0 Å². The van der Waals surface area contributed by atoms with E-state index in [9.17, 15) is 4.79 Å². The molecule has 1 unspecified atom stereocenters. The molecule has 0 saturated heterocycles. The van der Waals surface area contributed by atoms with Crippen LogP contribution in [0.1, 0.15) is 20.8 Å². The first-order valence-corrected chi connectivity index (χ1v) is 6.68. The van der Waals surface area contributed by atoms with Crippen LogP contribution in [0.25, 0.3) is 0 Å². The van der Waals surface area contributed by atoms with Gasteiger partial charge in [0.1, 0.15) is 5.82 Å². The number of rotatable bonds is 2. The zero-order valence-corrected chi connectivity index (χ0v) is 10.5. The van der Waals surface area contributed by atoms with E-state index in [1.807, 2.05) is 0 Å². The minimum atomic E-state index is -0.138. The summed E-state index contributed by atoms with van der Waals surface area (Å²) in [5.41, 5.74) is 7.49. The summed E-state index contributed by atoms with van der Waals surface area (Å²) < 4.78 is 0. The first-order chi connectivity index (χ1) is 8.74. The number of fused-ring (bicyclic) bond motifs is 1. The van der Waals surface area contributed by atoms with E-state index in [-0.39, 0.29) is 17.8 Å². The second kappa shape index (κ2) is 4.42. The third kappa shape index (κ3) is 1.97. The highest BCUT2D eigenvalue weighted by Gasteiger charge is 2.24. The monoisotopic (exact) mass is 259 g/mol. The van der Waals surface area contributed by atoms with Crippen LogP contribution in [0.4, 0.5) is 5.82 Å². The number of nitrogens with two attached hydrogens (primary N) is 1. The quantitative estimate of drug-likeness (QED) is 0.861. The molecule has 1 aliphatic carbocycles. The number of thiophene rings is 1. The fourth-order valence-corrected chi connectivity index (χ4v) is 3.26. The van der Waals surface area contributed by atoms with Gasteiger partial charge in [-0.1, -0.05) is 0 Å². The predicted molar refractivity (Wildman–Crippen MR) is 71.6 cm³/mol. The second-order valence-corrected chi connectivity index (χ2v) is 5.38. The molecular weight excluding hydrogens is 246 g/mol. The summed E-state index contributed by atoms with van der Waals surface area (Å²) in [4.78, 5) is 17.4. The Kier molecular flexibility index (Phi) is 2.76. The Morgan fingerprint density at radius 3 is 3.11 bits per heavy atom. The van der Waals surface area contributed by atoms with Crippen LogP contribution in [0.5, 0.6) is 0 Å². The van der Waals surface area contributed by atoms with Crippen molar-refractivity contribution in [3.05, 3.63) is 45.8 Å². The lowest BCUT2D eigenvalue weighted by atomic mass is 10.2. The normalized spacial score (nSPS) is 17.4. The molecule has 0 aliphatic heterocycles. The van der Waals surface area contributed by atoms with Crippen molar-refractivity contribution in [2.24, 2.45) is 0 Å². The lowest BCUT2D eigenvalue weighted by molar-refractivity contribution is 0.0939. The Morgan fingerprint density at radius 1 is 1.44 bits per heavy atom. The molecule has 1 amide bonds. The molecule has 0 spiro atoms. The maximum atomic E-state index is 12.1. The smallest absolute Gasteiger partial charge is 0.255 e. The van der Waals surface area contributed by atoms with E-state index in [4.69, 9.17) is 5.73 Å². The number of carbonyl (C=O) groups excluding carboxylic acids is 1.